The Bertz CT molecular complexity index is 284. The number of hydrogen-bond acceptors (Lipinski definition) is 3. The van der Waals surface area contributed by atoms with Gasteiger partial charge < -0.3 is 9.47 Å². The number of nitrogens with zero attached hydrogens (tertiary/aromatic N) is 1. The molecule has 70 valence electrons. The van der Waals surface area contributed by atoms with Crippen LogP contribution < -0.4 is 4.74 Å². The van der Waals surface area contributed by atoms with E-state index in [-0.39, 0.29) is 0 Å². The molecule has 3 heteroatoms. The van der Waals surface area contributed by atoms with E-state index in [2.05, 4.69) is 4.98 Å². The minimum atomic E-state index is 0.569. The van der Waals surface area contributed by atoms with Crippen molar-refractivity contribution in [3.63, 3.8) is 0 Å². The summed E-state index contributed by atoms with van der Waals surface area (Å²) in [6.45, 7) is 4.43. The highest BCUT2D eigenvalue weighted by Gasteiger charge is 2.19. The van der Waals surface area contributed by atoms with Gasteiger partial charge in [0, 0.05) is 12.1 Å². The highest BCUT2D eigenvalue weighted by atomic mass is 16.5. The first-order valence-electron chi connectivity index (χ1n) is 4.47. The number of pyridine rings is 1. The van der Waals surface area contributed by atoms with E-state index in [0.717, 1.165) is 31.1 Å². The van der Waals surface area contributed by atoms with E-state index in [1.165, 1.54) is 0 Å². The van der Waals surface area contributed by atoms with E-state index in [9.17, 15) is 0 Å². The Hall–Kier alpha value is -1.09. The van der Waals surface area contributed by atoms with Gasteiger partial charge in [-0.25, -0.2) is 0 Å². The number of aryl methyl sites for hydroxylation is 1. The van der Waals surface area contributed by atoms with Gasteiger partial charge in [0.1, 0.15) is 5.75 Å². The normalized spacial score (nSPS) is 16.7. The first-order chi connectivity index (χ1) is 6.36. The highest BCUT2D eigenvalue weighted by molar-refractivity contribution is 5.27. The van der Waals surface area contributed by atoms with Crippen molar-refractivity contribution >= 4 is 0 Å². The average Bonchev–Trinajstić information content (AvgIpc) is 2.05. The second-order valence-corrected chi connectivity index (χ2v) is 3.36. The van der Waals surface area contributed by atoms with Gasteiger partial charge in [0.15, 0.2) is 0 Å². The number of ether oxygens (including phenoxy) is 2. The molecule has 13 heavy (non-hydrogen) atoms. The summed E-state index contributed by atoms with van der Waals surface area (Å²) in [5, 5.41) is 0. The molecule has 0 saturated carbocycles. The molecule has 1 fully saturated rings. The predicted octanol–water partition coefficient (Wildman–Crippen LogP) is 1.42. The quantitative estimate of drug-likeness (QED) is 0.703. The summed E-state index contributed by atoms with van der Waals surface area (Å²) in [6.07, 6.45) is 3.53. The lowest BCUT2D eigenvalue weighted by Crippen LogP contribution is -2.32. The molecule has 2 rings (SSSR count). The fourth-order valence-electron chi connectivity index (χ4n) is 1.19. The smallest absolute Gasteiger partial charge is 0.140 e. The van der Waals surface area contributed by atoms with E-state index in [1.807, 2.05) is 13.0 Å². The Labute approximate surface area is 77.7 Å². The summed E-state index contributed by atoms with van der Waals surface area (Å²) in [7, 11) is 0. The van der Waals surface area contributed by atoms with Gasteiger partial charge in [-0.2, -0.15) is 0 Å². The molecule has 0 radical (unpaired) electrons. The Morgan fingerprint density at radius 1 is 1.62 bits per heavy atom. The Morgan fingerprint density at radius 3 is 3.08 bits per heavy atom. The van der Waals surface area contributed by atoms with Crippen LogP contribution in [0.1, 0.15) is 5.56 Å². The fraction of sp³-hybridized carbons (Fsp3) is 0.500. The average molecular weight is 179 g/mol. The molecule has 0 aliphatic carbocycles. The van der Waals surface area contributed by atoms with E-state index in [4.69, 9.17) is 9.47 Å². The van der Waals surface area contributed by atoms with Crippen LogP contribution in [0.3, 0.4) is 0 Å². The van der Waals surface area contributed by atoms with Gasteiger partial charge in [-0.15, -0.1) is 0 Å². The van der Waals surface area contributed by atoms with Crippen LogP contribution in [-0.4, -0.2) is 24.8 Å². The summed E-state index contributed by atoms with van der Waals surface area (Å²) in [4.78, 5) is 4.01. The maximum atomic E-state index is 5.60. The van der Waals surface area contributed by atoms with Crippen LogP contribution in [0.2, 0.25) is 0 Å². The summed E-state index contributed by atoms with van der Waals surface area (Å²) < 4.78 is 10.7. The Morgan fingerprint density at radius 2 is 2.46 bits per heavy atom. The third-order valence-electron chi connectivity index (χ3n) is 2.17. The summed E-state index contributed by atoms with van der Waals surface area (Å²) in [5.41, 5.74) is 1.13. The SMILES string of the molecule is Cc1ccncc1OCC1COC1. The largest absolute Gasteiger partial charge is 0.491 e. The zero-order chi connectivity index (χ0) is 9.10. The molecular formula is C10H13NO2. The second kappa shape index (κ2) is 3.75. The lowest BCUT2D eigenvalue weighted by atomic mass is 10.1. The molecule has 0 amide bonds. The van der Waals surface area contributed by atoms with Gasteiger partial charge in [0.25, 0.3) is 0 Å². The van der Waals surface area contributed by atoms with Gasteiger partial charge in [0.05, 0.1) is 26.0 Å². The van der Waals surface area contributed by atoms with Crippen molar-refractivity contribution in [2.75, 3.05) is 19.8 Å². The molecule has 1 aromatic heterocycles. The predicted molar refractivity (Wildman–Crippen MR) is 48.8 cm³/mol. The summed E-state index contributed by atoms with van der Waals surface area (Å²) in [5.74, 6) is 1.45. The van der Waals surface area contributed by atoms with Crippen LogP contribution in [-0.2, 0) is 4.74 Å². The molecule has 0 unspecified atom stereocenters. The van der Waals surface area contributed by atoms with Crippen LogP contribution in [0.5, 0.6) is 5.75 Å². The molecule has 0 atom stereocenters. The Kier molecular flexibility index (Phi) is 2.45. The van der Waals surface area contributed by atoms with Crippen LogP contribution in [0.4, 0.5) is 0 Å². The first-order valence-corrected chi connectivity index (χ1v) is 4.47. The fourth-order valence-corrected chi connectivity index (χ4v) is 1.19. The molecule has 0 N–H and O–H groups in total. The molecule has 3 nitrogen and oxygen atoms in total. The van der Waals surface area contributed by atoms with E-state index in [1.54, 1.807) is 12.4 Å². The van der Waals surface area contributed by atoms with Crippen molar-refractivity contribution in [3.05, 3.63) is 24.0 Å². The second-order valence-electron chi connectivity index (χ2n) is 3.36. The van der Waals surface area contributed by atoms with Gasteiger partial charge >= 0.3 is 0 Å². The lowest BCUT2D eigenvalue weighted by molar-refractivity contribution is -0.0509. The monoisotopic (exact) mass is 179 g/mol. The number of hydrogen-bond donors (Lipinski definition) is 0. The number of rotatable bonds is 3. The zero-order valence-corrected chi connectivity index (χ0v) is 7.69. The van der Waals surface area contributed by atoms with Crippen LogP contribution >= 0.6 is 0 Å². The van der Waals surface area contributed by atoms with Crippen molar-refractivity contribution in [2.45, 2.75) is 6.92 Å². The molecule has 0 bridgehead atoms. The molecule has 0 aromatic carbocycles. The first kappa shape index (κ1) is 8.51. The standard InChI is InChI=1S/C10H13NO2/c1-8-2-3-11-4-10(8)13-7-9-5-12-6-9/h2-4,9H,5-7H2,1H3. The van der Waals surface area contributed by atoms with Crippen LogP contribution in [0.25, 0.3) is 0 Å². The molecule has 1 aliphatic heterocycles. The van der Waals surface area contributed by atoms with Crippen molar-refractivity contribution in [1.82, 2.24) is 4.98 Å². The maximum Gasteiger partial charge on any atom is 0.140 e. The van der Waals surface area contributed by atoms with Crippen LogP contribution in [0, 0.1) is 12.8 Å². The summed E-state index contributed by atoms with van der Waals surface area (Å²) >= 11 is 0. The number of aromatic nitrogens is 1. The third-order valence-corrected chi connectivity index (χ3v) is 2.17. The molecule has 2 heterocycles. The zero-order valence-electron chi connectivity index (χ0n) is 7.69. The molecule has 1 aromatic rings. The topological polar surface area (TPSA) is 31.4 Å². The third kappa shape index (κ3) is 1.98. The molecule has 1 aliphatic rings. The Balaban J connectivity index is 1.89. The van der Waals surface area contributed by atoms with E-state index in [0.29, 0.717) is 5.92 Å². The minimum Gasteiger partial charge on any atom is -0.491 e. The van der Waals surface area contributed by atoms with Gasteiger partial charge in [-0.05, 0) is 18.6 Å². The van der Waals surface area contributed by atoms with Crippen LogP contribution in [0.15, 0.2) is 18.5 Å². The molecule has 1 saturated heterocycles. The van der Waals surface area contributed by atoms with Crippen molar-refractivity contribution in [2.24, 2.45) is 5.92 Å². The van der Waals surface area contributed by atoms with Crippen molar-refractivity contribution < 1.29 is 9.47 Å². The van der Waals surface area contributed by atoms with Gasteiger partial charge in [-0.1, -0.05) is 0 Å². The van der Waals surface area contributed by atoms with E-state index < -0.39 is 0 Å². The van der Waals surface area contributed by atoms with E-state index >= 15 is 0 Å². The molecular weight excluding hydrogens is 166 g/mol. The summed E-state index contributed by atoms with van der Waals surface area (Å²) in [6, 6.07) is 1.95. The molecule has 0 spiro atoms. The van der Waals surface area contributed by atoms with Gasteiger partial charge in [-0.3, -0.25) is 4.98 Å². The lowest BCUT2D eigenvalue weighted by Gasteiger charge is -2.25. The van der Waals surface area contributed by atoms with Crippen molar-refractivity contribution in [1.29, 1.82) is 0 Å². The van der Waals surface area contributed by atoms with Gasteiger partial charge in [0.2, 0.25) is 0 Å². The highest BCUT2D eigenvalue weighted by Crippen LogP contribution is 2.17. The maximum absolute atomic E-state index is 5.60. The van der Waals surface area contributed by atoms with Crippen molar-refractivity contribution in [3.8, 4) is 5.75 Å². The minimum absolute atomic E-state index is 0.569.